The summed E-state index contributed by atoms with van der Waals surface area (Å²) in [5, 5.41) is 13.9. The SMILES string of the molecule is O=[N+]([O-])c1c(Br)cccc1Nc1ccccn1. The van der Waals surface area contributed by atoms with E-state index in [1.807, 2.05) is 0 Å². The highest BCUT2D eigenvalue weighted by atomic mass is 79.9. The van der Waals surface area contributed by atoms with Gasteiger partial charge in [0.25, 0.3) is 0 Å². The van der Waals surface area contributed by atoms with E-state index in [1.54, 1.807) is 42.6 Å². The first-order valence-corrected chi connectivity index (χ1v) is 5.59. The van der Waals surface area contributed by atoms with Gasteiger partial charge in [-0.1, -0.05) is 12.1 Å². The van der Waals surface area contributed by atoms with Crippen molar-refractivity contribution in [3.63, 3.8) is 0 Å². The molecule has 0 fully saturated rings. The summed E-state index contributed by atoms with van der Waals surface area (Å²) in [5.74, 6) is 0.564. The lowest BCUT2D eigenvalue weighted by Crippen LogP contribution is -1.98. The van der Waals surface area contributed by atoms with E-state index in [0.29, 0.717) is 16.0 Å². The summed E-state index contributed by atoms with van der Waals surface area (Å²) < 4.78 is 0.434. The lowest BCUT2D eigenvalue weighted by Gasteiger charge is -2.06. The Hall–Kier alpha value is -1.95. The van der Waals surface area contributed by atoms with E-state index in [-0.39, 0.29) is 5.69 Å². The summed E-state index contributed by atoms with van der Waals surface area (Å²) >= 11 is 3.16. The molecule has 1 aromatic heterocycles. The maximum Gasteiger partial charge on any atom is 0.306 e. The normalized spacial score (nSPS) is 9.94. The standard InChI is InChI=1S/C11H8BrN3O2/c12-8-4-3-5-9(11(8)15(16)17)14-10-6-1-2-7-13-10/h1-7H,(H,13,14). The number of para-hydroxylation sites is 1. The van der Waals surface area contributed by atoms with Crippen LogP contribution >= 0.6 is 15.9 Å². The minimum atomic E-state index is -0.435. The molecule has 0 aliphatic carbocycles. The molecule has 0 amide bonds. The minimum absolute atomic E-state index is 0.00171. The summed E-state index contributed by atoms with van der Waals surface area (Å²) in [6.07, 6.45) is 1.62. The fourth-order valence-corrected chi connectivity index (χ4v) is 1.89. The van der Waals surface area contributed by atoms with Gasteiger partial charge >= 0.3 is 5.69 Å². The van der Waals surface area contributed by atoms with Gasteiger partial charge in [-0.25, -0.2) is 4.98 Å². The number of pyridine rings is 1. The Balaban J connectivity index is 2.40. The van der Waals surface area contributed by atoms with Gasteiger partial charge in [-0.05, 0) is 40.2 Å². The molecule has 2 rings (SSSR count). The number of nitrogens with zero attached hydrogens (tertiary/aromatic N) is 2. The van der Waals surface area contributed by atoms with Crippen LogP contribution in [0.2, 0.25) is 0 Å². The second-order valence-electron chi connectivity index (χ2n) is 3.23. The second-order valence-corrected chi connectivity index (χ2v) is 4.09. The third-order valence-electron chi connectivity index (χ3n) is 2.10. The summed E-state index contributed by atoms with van der Waals surface area (Å²) in [5.41, 5.74) is 0.404. The van der Waals surface area contributed by atoms with Crippen molar-refractivity contribution in [2.45, 2.75) is 0 Å². The van der Waals surface area contributed by atoms with E-state index in [4.69, 9.17) is 0 Å². The number of hydrogen-bond acceptors (Lipinski definition) is 4. The molecule has 0 atom stereocenters. The molecule has 1 N–H and O–H groups in total. The molecule has 2 aromatic rings. The number of aromatic nitrogens is 1. The molecule has 86 valence electrons. The molecule has 0 unspecified atom stereocenters. The summed E-state index contributed by atoms with van der Waals surface area (Å²) in [4.78, 5) is 14.6. The molecule has 5 nitrogen and oxygen atoms in total. The van der Waals surface area contributed by atoms with Crippen LogP contribution in [0.1, 0.15) is 0 Å². The number of rotatable bonds is 3. The fraction of sp³-hybridized carbons (Fsp3) is 0. The van der Waals surface area contributed by atoms with E-state index in [0.717, 1.165) is 0 Å². The van der Waals surface area contributed by atoms with Gasteiger partial charge in [0.1, 0.15) is 11.5 Å². The topological polar surface area (TPSA) is 68.1 Å². The fourth-order valence-electron chi connectivity index (χ4n) is 1.38. The van der Waals surface area contributed by atoms with Crippen molar-refractivity contribution in [3.8, 4) is 0 Å². The molecule has 0 saturated heterocycles. The van der Waals surface area contributed by atoms with Crippen molar-refractivity contribution in [1.29, 1.82) is 0 Å². The number of nitro groups is 1. The number of hydrogen-bond donors (Lipinski definition) is 1. The molecule has 1 aromatic carbocycles. The predicted octanol–water partition coefficient (Wildman–Crippen LogP) is 3.50. The van der Waals surface area contributed by atoms with Crippen molar-refractivity contribution < 1.29 is 4.92 Å². The largest absolute Gasteiger partial charge is 0.335 e. The maximum atomic E-state index is 10.9. The number of anilines is 2. The Morgan fingerprint density at radius 1 is 1.24 bits per heavy atom. The van der Waals surface area contributed by atoms with Crippen molar-refractivity contribution in [1.82, 2.24) is 4.98 Å². The molecule has 0 aliphatic heterocycles. The molecule has 0 radical (unpaired) electrons. The monoisotopic (exact) mass is 293 g/mol. The van der Waals surface area contributed by atoms with Gasteiger partial charge in [0, 0.05) is 6.20 Å². The number of halogens is 1. The number of nitrogens with one attached hydrogen (secondary N) is 1. The Morgan fingerprint density at radius 2 is 2.06 bits per heavy atom. The molecule has 0 saturated carbocycles. The van der Waals surface area contributed by atoms with E-state index in [2.05, 4.69) is 26.2 Å². The first-order valence-electron chi connectivity index (χ1n) is 4.79. The zero-order valence-electron chi connectivity index (χ0n) is 8.63. The van der Waals surface area contributed by atoms with Crippen molar-refractivity contribution in [2.24, 2.45) is 0 Å². The maximum absolute atomic E-state index is 10.9. The minimum Gasteiger partial charge on any atom is -0.335 e. The first-order chi connectivity index (χ1) is 8.18. The number of nitro benzene ring substituents is 1. The van der Waals surface area contributed by atoms with Crippen LogP contribution in [0.25, 0.3) is 0 Å². The van der Waals surface area contributed by atoms with Crippen LogP contribution in [0.5, 0.6) is 0 Å². The van der Waals surface area contributed by atoms with Crippen molar-refractivity contribution >= 4 is 33.1 Å². The van der Waals surface area contributed by atoms with Crippen molar-refractivity contribution in [3.05, 3.63) is 57.2 Å². The van der Waals surface area contributed by atoms with Gasteiger partial charge in [0.2, 0.25) is 0 Å². The lowest BCUT2D eigenvalue weighted by atomic mass is 10.2. The van der Waals surface area contributed by atoms with Crippen LogP contribution in [0.15, 0.2) is 47.1 Å². The van der Waals surface area contributed by atoms with Gasteiger partial charge in [-0.15, -0.1) is 0 Å². The van der Waals surface area contributed by atoms with E-state index < -0.39 is 4.92 Å². The molecule has 0 bridgehead atoms. The van der Waals surface area contributed by atoms with E-state index in [9.17, 15) is 10.1 Å². The zero-order valence-corrected chi connectivity index (χ0v) is 10.2. The van der Waals surface area contributed by atoms with E-state index in [1.165, 1.54) is 0 Å². The molecule has 0 spiro atoms. The second kappa shape index (κ2) is 4.92. The van der Waals surface area contributed by atoms with Crippen LogP contribution < -0.4 is 5.32 Å². The quantitative estimate of drug-likeness (QED) is 0.695. The summed E-state index contributed by atoms with van der Waals surface area (Å²) in [6.45, 7) is 0. The smallest absolute Gasteiger partial charge is 0.306 e. The van der Waals surface area contributed by atoms with Crippen molar-refractivity contribution in [2.75, 3.05) is 5.32 Å². The highest BCUT2D eigenvalue weighted by molar-refractivity contribution is 9.10. The summed E-state index contributed by atoms with van der Waals surface area (Å²) in [7, 11) is 0. The lowest BCUT2D eigenvalue weighted by molar-refractivity contribution is -0.384. The molecule has 17 heavy (non-hydrogen) atoms. The molecular formula is C11H8BrN3O2. The number of benzene rings is 1. The average Bonchev–Trinajstić information content (AvgIpc) is 2.30. The third-order valence-corrected chi connectivity index (χ3v) is 2.74. The van der Waals surface area contributed by atoms with E-state index >= 15 is 0 Å². The van der Waals surface area contributed by atoms with Crippen LogP contribution in [0.3, 0.4) is 0 Å². The predicted molar refractivity (Wildman–Crippen MR) is 68.3 cm³/mol. The zero-order chi connectivity index (χ0) is 12.3. The first kappa shape index (κ1) is 11.5. The van der Waals surface area contributed by atoms with Crippen LogP contribution in [0, 0.1) is 10.1 Å². The molecule has 0 aliphatic rings. The average molecular weight is 294 g/mol. The Bertz CT molecular complexity index is 546. The summed E-state index contributed by atoms with van der Waals surface area (Å²) in [6, 6.07) is 10.3. The molecule has 6 heteroatoms. The Kier molecular flexibility index (Phi) is 3.34. The molecule has 1 heterocycles. The van der Waals surface area contributed by atoms with Gasteiger partial charge < -0.3 is 5.32 Å². The molecular weight excluding hydrogens is 286 g/mol. The van der Waals surface area contributed by atoms with Crippen LogP contribution in [-0.2, 0) is 0 Å². The van der Waals surface area contributed by atoms with Gasteiger partial charge in [-0.3, -0.25) is 10.1 Å². The van der Waals surface area contributed by atoms with Gasteiger partial charge in [-0.2, -0.15) is 0 Å². The Morgan fingerprint density at radius 3 is 2.71 bits per heavy atom. The van der Waals surface area contributed by atoms with Gasteiger partial charge in [0.05, 0.1) is 9.40 Å². The van der Waals surface area contributed by atoms with Crippen LogP contribution in [-0.4, -0.2) is 9.91 Å². The highest BCUT2D eigenvalue weighted by Crippen LogP contribution is 2.33. The van der Waals surface area contributed by atoms with Crippen LogP contribution in [0.4, 0.5) is 17.2 Å². The highest BCUT2D eigenvalue weighted by Gasteiger charge is 2.17. The van der Waals surface area contributed by atoms with Gasteiger partial charge in [0.15, 0.2) is 0 Å². The Labute approximate surface area is 106 Å². The third kappa shape index (κ3) is 2.59.